The molecule has 32 heavy (non-hydrogen) atoms. The lowest BCUT2D eigenvalue weighted by atomic mass is 9.48. The van der Waals surface area contributed by atoms with Crippen LogP contribution in [0.2, 0.25) is 10.0 Å². The first kappa shape index (κ1) is 21.1. The Hall–Kier alpha value is -1.48. The van der Waals surface area contributed by atoms with Crippen molar-refractivity contribution in [1.82, 2.24) is 4.98 Å². The van der Waals surface area contributed by atoms with Crippen LogP contribution in [0.4, 0.5) is 0 Å². The molecule has 4 heteroatoms. The molecule has 2 aromatic carbocycles. The minimum absolute atomic E-state index is 0.405. The molecule has 3 aromatic rings. The molecule has 0 spiro atoms. The van der Waals surface area contributed by atoms with E-state index in [2.05, 4.69) is 23.2 Å². The number of hydrogen-bond acceptors (Lipinski definition) is 1. The predicted octanol–water partition coefficient (Wildman–Crippen LogP) is 7.89. The molecule has 0 unspecified atom stereocenters. The number of aryl methyl sites for hydroxylation is 1. The number of halogens is 2. The van der Waals surface area contributed by atoms with Crippen LogP contribution in [-0.2, 0) is 11.8 Å². The Morgan fingerprint density at radius 1 is 0.906 bits per heavy atom. The van der Waals surface area contributed by atoms with Crippen LogP contribution in [0.5, 0.6) is 0 Å². The second kappa shape index (κ2) is 8.08. The van der Waals surface area contributed by atoms with Gasteiger partial charge in [-0.25, -0.2) is 0 Å². The van der Waals surface area contributed by atoms with Gasteiger partial charge in [-0.15, -0.1) is 0 Å². The Morgan fingerprint density at radius 3 is 2.31 bits per heavy atom. The maximum atomic E-state index is 6.64. The smallest absolute Gasteiger partial charge is 0.0512 e. The number of H-pyrrole nitrogens is 1. The summed E-state index contributed by atoms with van der Waals surface area (Å²) < 4.78 is 0. The first-order valence-corrected chi connectivity index (χ1v) is 13.1. The number of hydrogen-bond donors (Lipinski definition) is 2. The Bertz CT molecular complexity index is 1130. The zero-order valence-corrected chi connectivity index (χ0v) is 20.1. The van der Waals surface area contributed by atoms with Crippen LogP contribution in [0.3, 0.4) is 0 Å². The monoisotopic (exact) mass is 466 g/mol. The fraction of sp³-hybridized carbons (Fsp3) is 0.500. The lowest BCUT2D eigenvalue weighted by molar-refractivity contribution is -0.00513. The van der Waals surface area contributed by atoms with E-state index in [1.54, 1.807) is 5.56 Å². The topological polar surface area (TPSA) is 41.8 Å². The molecule has 4 aliphatic carbocycles. The van der Waals surface area contributed by atoms with Crippen LogP contribution in [0, 0.1) is 17.8 Å². The van der Waals surface area contributed by atoms with Gasteiger partial charge in [0.15, 0.2) is 0 Å². The fourth-order valence-corrected chi connectivity index (χ4v) is 8.05. The Kier molecular flexibility index (Phi) is 5.32. The summed E-state index contributed by atoms with van der Waals surface area (Å²) in [7, 11) is 0. The molecule has 3 N–H and O–H groups in total. The van der Waals surface area contributed by atoms with Gasteiger partial charge < -0.3 is 10.7 Å². The Morgan fingerprint density at radius 2 is 1.62 bits per heavy atom. The molecule has 4 saturated carbocycles. The molecule has 1 heterocycles. The second-order valence-electron chi connectivity index (χ2n) is 10.8. The molecule has 4 aliphatic rings. The minimum Gasteiger partial charge on any atom is -0.354 e. The van der Waals surface area contributed by atoms with Gasteiger partial charge in [-0.05, 0) is 129 Å². The van der Waals surface area contributed by atoms with Crippen LogP contribution in [-0.4, -0.2) is 11.5 Å². The highest BCUT2D eigenvalue weighted by Gasteiger charge is 2.51. The summed E-state index contributed by atoms with van der Waals surface area (Å²) in [4.78, 5) is 3.70. The Labute approximate surface area is 200 Å². The molecule has 4 bridgehead atoms. The predicted molar refractivity (Wildman–Crippen MR) is 136 cm³/mol. The molecular formula is C28H32Cl2N2. The summed E-state index contributed by atoms with van der Waals surface area (Å²) in [6, 6.07) is 13.0. The van der Waals surface area contributed by atoms with E-state index in [1.807, 2.05) is 18.2 Å². The third kappa shape index (κ3) is 3.50. The molecule has 4 fully saturated rings. The van der Waals surface area contributed by atoms with Crippen LogP contribution in [0.15, 0.2) is 36.4 Å². The number of nitrogens with one attached hydrogen (secondary N) is 1. The van der Waals surface area contributed by atoms with Gasteiger partial charge in [0.1, 0.15) is 0 Å². The molecule has 0 amide bonds. The largest absolute Gasteiger partial charge is 0.354 e. The first-order valence-electron chi connectivity index (χ1n) is 12.4. The van der Waals surface area contributed by atoms with E-state index >= 15 is 0 Å². The Balaban J connectivity index is 1.47. The van der Waals surface area contributed by atoms with Crippen molar-refractivity contribution in [2.75, 3.05) is 6.54 Å². The average molecular weight is 467 g/mol. The maximum Gasteiger partial charge on any atom is 0.0512 e. The lowest BCUT2D eigenvalue weighted by Gasteiger charge is -2.57. The van der Waals surface area contributed by atoms with Crippen molar-refractivity contribution in [3.8, 4) is 11.3 Å². The molecule has 2 nitrogen and oxygen atoms in total. The van der Waals surface area contributed by atoms with E-state index in [0.29, 0.717) is 10.4 Å². The van der Waals surface area contributed by atoms with E-state index in [0.717, 1.165) is 59.8 Å². The zero-order chi connectivity index (χ0) is 21.9. The number of nitrogens with two attached hydrogens (primary N) is 1. The maximum absolute atomic E-state index is 6.64. The summed E-state index contributed by atoms with van der Waals surface area (Å²) in [6.45, 7) is 0.730. The third-order valence-electron chi connectivity index (χ3n) is 8.64. The van der Waals surface area contributed by atoms with Gasteiger partial charge in [-0.3, -0.25) is 0 Å². The van der Waals surface area contributed by atoms with E-state index in [9.17, 15) is 0 Å². The molecule has 1 aromatic heterocycles. The molecule has 0 radical (unpaired) electrons. The molecule has 7 rings (SSSR count). The van der Waals surface area contributed by atoms with Gasteiger partial charge in [0.05, 0.1) is 5.69 Å². The third-order valence-corrected chi connectivity index (χ3v) is 9.20. The summed E-state index contributed by atoms with van der Waals surface area (Å²) in [5, 5.41) is 2.81. The molecule has 0 saturated heterocycles. The van der Waals surface area contributed by atoms with E-state index < -0.39 is 0 Å². The van der Waals surface area contributed by atoms with Crippen LogP contribution < -0.4 is 5.73 Å². The van der Waals surface area contributed by atoms with Crippen molar-refractivity contribution >= 4 is 34.1 Å². The molecule has 0 aliphatic heterocycles. The van der Waals surface area contributed by atoms with Crippen molar-refractivity contribution in [2.45, 2.75) is 63.2 Å². The first-order chi connectivity index (χ1) is 15.5. The van der Waals surface area contributed by atoms with E-state index in [1.165, 1.54) is 55.0 Å². The number of fused-ring (bicyclic) bond motifs is 1. The second-order valence-corrected chi connectivity index (χ2v) is 11.7. The highest BCUT2D eigenvalue weighted by atomic mass is 35.5. The number of aromatic amines is 1. The normalized spacial score (nSPS) is 28.7. The summed E-state index contributed by atoms with van der Waals surface area (Å²) in [5.41, 5.74) is 12.5. The van der Waals surface area contributed by atoms with E-state index in [-0.39, 0.29) is 0 Å². The quantitative estimate of drug-likeness (QED) is 0.356. The van der Waals surface area contributed by atoms with Gasteiger partial charge in [0.25, 0.3) is 0 Å². The molecular weight excluding hydrogens is 435 g/mol. The number of aromatic nitrogens is 1. The zero-order valence-electron chi connectivity index (χ0n) is 18.6. The highest BCUT2D eigenvalue weighted by molar-refractivity contribution is 6.35. The van der Waals surface area contributed by atoms with Gasteiger partial charge in [-0.1, -0.05) is 29.3 Å². The van der Waals surface area contributed by atoms with Gasteiger partial charge in [0.2, 0.25) is 0 Å². The number of rotatable bonds is 6. The highest BCUT2D eigenvalue weighted by Crippen LogP contribution is 2.61. The van der Waals surface area contributed by atoms with Crippen LogP contribution in [0.25, 0.3) is 22.2 Å². The molecule has 168 valence electrons. The number of benzene rings is 2. The van der Waals surface area contributed by atoms with Gasteiger partial charge >= 0.3 is 0 Å². The fourth-order valence-electron chi connectivity index (χ4n) is 7.67. The van der Waals surface area contributed by atoms with Crippen molar-refractivity contribution in [1.29, 1.82) is 0 Å². The van der Waals surface area contributed by atoms with Crippen molar-refractivity contribution < 1.29 is 0 Å². The van der Waals surface area contributed by atoms with Gasteiger partial charge in [0, 0.05) is 26.5 Å². The molecule has 0 atom stereocenters. The van der Waals surface area contributed by atoms with Crippen molar-refractivity contribution in [3.63, 3.8) is 0 Å². The SMILES string of the molecule is NCCCCc1c(-c2cc(Cl)ccc2Cl)[nH]c2ccc(C34CC5CC(CC(C5)C3)C4)cc12. The summed E-state index contributed by atoms with van der Waals surface area (Å²) >= 11 is 13.0. The van der Waals surface area contributed by atoms with Crippen LogP contribution >= 0.6 is 23.2 Å². The minimum atomic E-state index is 0.405. The standard InChI is InChI=1S/C28H32Cl2N2/c29-21-5-6-25(30)24(13-21)27-22(3-1-2-8-31)23-12-20(4-7-26(23)32-27)28-14-17-9-18(15-28)11-19(10-17)16-28/h4-7,12-13,17-19,32H,1-3,8-11,14-16,31H2. The van der Waals surface area contributed by atoms with Crippen molar-refractivity contribution in [2.24, 2.45) is 23.5 Å². The van der Waals surface area contributed by atoms with Gasteiger partial charge in [-0.2, -0.15) is 0 Å². The number of unbranched alkanes of at least 4 members (excludes halogenated alkanes) is 1. The van der Waals surface area contributed by atoms with E-state index in [4.69, 9.17) is 28.9 Å². The lowest BCUT2D eigenvalue weighted by Crippen LogP contribution is -2.48. The average Bonchev–Trinajstić information content (AvgIpc) is 3.12. The summed E-state index contributed by atoms with van der Waals surface area (Å²) in [6.07, 6.45) is 11.7. The summed E-state index contributed by atoms with van der Waals surface area (Å²) in [5.74, 6) is 2.86. The van der Waals surface area contributed by atoms with Crippen LogP contribution in [0.1, 0.15) is 62.5 Å². The van der Waals surface area contributed by atoms with Crippen molar-refractivity contribution in [3.05, 3.63) is 57.6 Å².